The first kappa shape index (κ1) is 25.8. The van der Waals surface area contributed by atoms with E-state index < -0.39 is 6.04 Å². The van der Waals surface area contributed by atoms with E-state index in [0.717, 1.165) is 5.56 Å². The zero-order chi connectivity index (χ0) is 23.1. The van der Waals surface area contributed by atoms with Crippen LogP contribution in [-0.2, 0) is 22.6 Å². The summed E-state index contributed by atoms with van der Waals surface area (Å²) in [5.74, 6) is -0.162. The maximum Gasteiger partial charge on any atom is 0.242 e. The molecule has 0 fully saturated rings. The minimum atomic E-state index is -0.651. The Labute approximate surface area is 203 Å². The maximum absolute atomic E-state index is 13.4. The predicted octanol–water partition coefficient (Wildman–Crippen LogP) is 6.42. The summed E-state index contributed by atoms with van der Waals surface area (Å²) in [4.78, 5) is 27.9. The first-order valence-corrected chi connectivity index (χ1v) is 11.6. The van der Waals surface area contributed by atoms with Crippen molar-refractivity contribution in [3.05, 3.63) is 67.6 Å². The summed E-state index contributed by atoms with van der Waals surface area (Å²) in [7, 11) is 0. The van der Waals surface area contributed by atoms with E-state index in [9.17, 15) is 9.59 Å². The van der Waals surface area contributed by atoms with Crippen LogP contribution in [0.15, 0.2) is 36.4 Å². The van der Waals surface area contributed by atoms with Crippen molar-refractivity contribution in [1.82, 2.24) is 10.2 Å². The van der Waals surface area contributed by atoms with Gasteiger partial charge in [-0.15, -0.1) is 0 Å². The summed E-state index contributed by atoms with van der Waals surface area (Å²) in [6, 6.07) is 9.61. The molecule has 4 nitrogen and oxygen atoms in total. The van der Waals surface area contributed by atoms with Gasteiger partial charge in [-0.05, 0) is 47.7 Å². The monoisotopic (exact) mass is 502 g/mol. The second-order valence-electron chi connectivity index (χ2n) is 7.71. The number of hydrogen-bond acceptors (Lipinski definition) is 2. The molecule has 2 amide bonds. The molecule has 168 valence electrons. The quantitative estimate of drug-likeness (QED) is 0.429. The molecule has 0 radical (unpaired) electrons. The molecule has 1 unspecified atom stereocenters. The molecule has 2 aromatic rings. The van der Waals surface area contributed by atoms with E-state index in [1.54, 1.807) is 41.3 Å². The Hall–Kier alpha value is -1.46. The van der Waals surface area contributed by atoms with Crippen molar-refractivity contribution in [3.63, 3.8) is 0 Å². The third-order valence-electron chi connectivity index (χ3n) is 4.80. The van der Waals surface area contributed by atoms with Gasteiger partial charge in [0.15, 0.2) is 0 Å². The molecule has 0 aliphatic heterocycles. The second kappa shape index (κ2) is 12.0. The number of carbonyl (C=O) groups is 2. The van der Waals surface area contributed by atoms with Crippen molar-refractivity contribution in [2.45, 2.75) is 46.2 Å². The molecule has 0 bridgehead atoms. The second-order valence-corrected chi connectivity index (χ2v) is 9.34. The summed E-state index contributed by atoms with van der Waals surface area (Å²) < 4.78 is 0. The molecule has 2 aromatic carbocycles. The largest absolute Gasteiger partial charge is 0.354 e. The first-order chi connectivity index (χ1) is 14.6. The van der Waals surface area contributed by atoms with Crippen LogP contribution in [0.25, 0.3) is 0 Å². The summed E-state index contributed by atoms with van der Waals surface area (Å²) in [5, 5.41) is 4.56. The molecule has 8 heteroatoms. The van der Waals surface area contributed by atoms with Crippen molar-refractivity contribution in [1.29, 1.82) is 0 Å². The molecular weight excluding hydrogens is 478 g/mol. The molecule has 1 N–H and O–H groups in total. The molecule has 0 spiro atoms. The summed E-state index contributed by atoms with van der Waals surface area (Å²) >= 11 is 24.7. The van der Waals surface area contributed by atoms with Crippen LogP contribution in [0.5, 0.6) is 0 Å². The molecule has 0 heterocycles. The van der Waals surface area contributed by atoms with Gasteiger partial charge < -0.3 is 10.2 Å². The number of benzene rings is 2. The lowest BCUT2D eigenvalue weighted by Crippen LogP contribution is -2.50. The maximum atomic E-state index is 13.4. The fraction of sp³-hybridized carbons (Fsp3) is 0.391. The Morgan fingerprint density at radius 3 is 2.16 bits per heavy atom. The number of rotatable bonds is 9. The summed E-state index contributed by atoms with van der Waals surface area (Å²) in [6.07, 6.45) is 0.432. The third kappa shape index (κ3) is 7.28. The van der Waals surface area contributed by atoms with Crippen molar-refractivity contribution in [3.8, 4) is 0 Å². The molecule has 0 aromatic heterocycles. The third-order valence-corrected chi connectivity index (χ3v) is 6.24. The van der Waals surface area contributed by atoms with E-state index in [1.807, 2.05) is 20.8 Å². The number of nitrogens with zero attached hydrogens (tertiary/aromatic N) is 1. The van der Waals surface area contributed by atoms with E-state index in [4.69, 9.17) is 46.4 Å². The number of hydrogen-bond donors (Lipinski definition) is 1. The van der Waals surface area contributed by atoms with Gasteiger partial charge in [0.1, 0.15) is 6.04 Å². The molecule has 1 atom stereocenters. The van der Waals surface area contributed by atoms with Crippen LogP contribution in [0.3, 0.4) is 0 Å². The van der Waals surface area contributed by atoms with Gasteiger partial charge in [0.25, 0.3) is 0 Å². The number of halogens is 4. The van der Waals surface area contributed by atoms with Gasteiger partial charge in [-0.1, -0.05) is 79.3 Å². The van der Waals surface area contributed by atoms with Crippen molar-refractivity contribution in [2.75, 3.05) is 6.54 Å². The van der Waals surface area contributed by atoms with Crippen LogP contribution >= 0.6 is 46.4 Å². The highest BCUT2D eigenvalue weighted by molar-refractivity contribution is 6.42. The highest BCUT2D eigenvalue weighted by Crippen LogP contribution is 2.27. The number of nitrogens with one attached hydrogen (secondary N) is 1. The summed E-state index contributed by atoms with van der Waals surface area (Å²) in [5.41, 5.74) is 1.30. The molecule has 2 rings (SSSR count). The minimum Gasteiger partial charge on any atom is -0.354 e. The van der Waals surface area contributed by atoms with Gasteiger partial charge in [-0.25, -0.2) is 0 Å². The van der Waals surface area contributed by atoms with Crippen molar-refractivity contribution >= 4 is 58.2 Å². The van der Waals surface area contributed by atoms with Crippen LogP contribution in [0.1, 0.15) is 38.3 Å². The van der Waals surface area contributed by atoms with Gasteiger partial charge in [-0.3, -0.25) is 9.59 Å². The van der Waals surface area contributed by atoms with E-state index in [2.05, 4.69) is 5.32 Å². The number of amides is 2. The molecule has 31 heavy (non-hydrogen) atoms. The Morgan fingerprint density at radius 1 is 0.968 bits per heavy atom. The van der Waals surface area contributed by atoms with Crippen LogP contribution < -0.4 is 5.32 Å². The zero-order valence-corrected chi connectivity index (χ0v) is 20.7. The van der Waals surface area contributed by atoms with Gasteiger partial charge in [0.2, 0.25) is 11.8 Å². The fourth-order valence-corrected chi connectivity index (χ4v) is 3.98. The lowest BCUT2D eigenvalue weighted by Gasteiger charge is -2.31. The van der Waals surface area contributed by atoms with Crippen LogP contribution in [0.2, 0.25) is 20.1 Å². The fourth-order valence-electron chi connectivity index (χ4n) is 3.13. The molecule has 0 aliphatic carbocycles. The van der Waals surface area contributed by atoms with Crippen molar-refractivity contribution < 1.29 is 9.59 Å². The smallest absolute Gasteiger partial charge is 0.242 e. The topological polar surface area (TPSA) is 49.4 Å². The van der Waals surface area contributed by atoms with E-state index in [1.165, 1.54) is 0 Å². The Kier molecular flexibility index (Phi) is 9.95. The molecule has 0 saturated carbocycles. The lowest BCUT2D eigenvalue weighted by molar-refractivity contribution is -0.141. The van der Waals surface area contributed by atoms with Crippen LogP contribution in [0, 0.1) is 5.92 Å². The van der Waals surface area contributed by atoms with Gasteiger partial charge in [-0.2, -0.15) is 0 Å². The number of carbonyl (C=O) groups excluding carboxylic acids is 2. The Morgan fingerprint density at radius 2 is 1.61 bits per heavy atom. The van der Waals surface area contributed by atoms with Crippen molar-refractivity contribution in [2.24, 2.45) is 5.92 Å². The van der Waals surface area contributed by atoms with Gasteiger partial charge >= 0.3 is 0 Å². The normalized spacial score (nSPS) is 12.0. The van der Waals surface area contributed by atoms with E-state index >= 15 is 0 Å². The average Bonchev–Trinajstić information content (AvgIpc) is 2.71. The predicted molar refractivity (Wildman–Crippen MR) is 129 cm³/mol. The van der Waals surface area contributed by atoms with Gasteiger partial charge in [0, 0.05) is 23.1 Å². The Balaban J connectivity index is 2.36. The van der Waals surface area contributed by atoms with E-state index in [0.29, 0.717) is 44.5 Å². The van der Waals surface area contributed by atoms with Crippen LogP contribution in [0.4, 0.5) is 0 Å². The van der Waals surface area contributed by atoms with Gasteiger partial charge in [0.05, 0.1) is 16.5 Å². The first-order valence-electron chi connectivity index (χ1n) is 10.1. The highest BCUT2D eigenvalue weighted by Gasteiger charge is 2.29. The SMILES string of the molecule is CCC(C(=O)NCC(C)C)N(Cc1ccc(Cl)c(Cl)c1)C(=O)Cc1c(Cl)cccc1Cl. The molecule has 0 aliphatic rings. The Bertz CT molecular complexity index is 914. The molecule has 0 saturated heterocycles. The standard InChI is InChI=1S/C23H26Cl4N2O2/c1-4-21(23(31)28-12-14(2)3)29(13-15-8-9-19(26)20(27)10-15)22(30)11-16-17(24)6-5-7-18(16)25/h5-10,14,21H,4,11-13H2,1-3H3,(H,28,31). The lowest BCUT2D eigenvalue weighted by atomic mass is 10.1. The average molecular weight is 504 g/mol. The molecular formula is C23H26Cl4N2O2. The highest BCUT2D eigenvalue weighted by atomic mass is 35.5. The van der Waals surface area contributed by atoms with Crippen LogP contribution in [-0.4, -0.2) is 29.3 Å². The zero-order valence-electron chi connectivity index (χ0n) is 17.7. The summed E-state index contributed by atoms with van der Waals surface area (Å²) in [6.45, 7) is 6.63. The van der Waals surface area contributed by atoms with E-state index in [-0.39, 0.29) is 24.8 Å². The minimum absolute atomic E-state index is 0.0201.